The first kappa shape index (κ1) is 13.7. The van der Waals surface area contributed by atoms with Gasteiger partial charge in [-0.05, 0) is 37.8 Å². The summed E-state index contributed by atoms with van der Waals surface area (Å²) in [7, 11) is 0. The zero-order valence-corrected chi connectivity index (χ0v) is 9.81. The Labute approximate surface area is 94.5 Å². The van der Waals surface area contributed by atoms with Crippen LogP contribution in [0.4, 0.5) is 0 Å². The number of hydrogen-bond donors (Lipinski definition) is 0. The molecule has 0 saturated carbocycles. The lowest BCUT2D eigenvalue weighted by Gasteiger charge is -2.35. The summed E-state index contributed by atoms with van der Waals surface area (Å²) in [6.07, 6.45) is 9.70. The SMILES string of the molecule is C=CC[N+]1(CC=C)CCCCCC1.[Cl-]. The van der Waals surface area contributed by atoms with E-state index in [1.54, 1.807) is 0 Å². The Morgan fingerprint density at radius 2 is 1.29 bits per heavy atom. The molecule has 1 aliphatic heterocycles. The van der Waals surface area contributed by atoms with Gasteiger partial charge in [0.25, 0.3) is 0 Å². The van der Waals surface area contributed by atoms with Gasteiger partial charge in [0.05, 0.1) is 26.2 Å². The van der Waals surface area contributed by atoms with Crippen LogP contribution in [0.3, 0.4) is 0 Å². The summed E-state index contributed by atoms with van der Waals surface area (Å²) in [6, 6.07) is 0. The molecule has 1 aliphatic rings. The van der Waals surface area contributed by atoms with Crippen LogP contribution in [0.2, 0.25) is 0 Å². The number of rotatable bonds is 4. The number of likely N-dealkylation sites (tertiary alicyclic amines) is 1. The summed E-state index contributed by atoms with van der Waals surface area (Å²) in [5, 5.41) is 0. The van der Waals surface area contributed by atoms with Gasteiger partial charge in [0.1, 0.15) is 0 Å². The Balaban J connectivity index is 0.00000169. The van der Waals surface area contributed by atoms with Crippen molar-refractivity contribution in [2.75, 3.05) is 26.2 Å². The molecule has 82 valence electrons. The number of quaternary nitrogens is 1. The second kappa shape index (κ2) is 7.08. The average Bonchev–Trinajstić information content (AvgIpc) is 2.32. The molecular formula is C12H22ClN. The summed E-state index contributed by atoms with van der Waals surface area (Å²) >= 11 is 0. The molecule has 1 nitrogen and oxygen atoms in total. The summed E-state index contributed by atoms with van der Waals surface area (Å²) in [5.41, 5.74) is 0. The fraction of sp³-hybridized carbons (Fsp3) is 0.667. The van der Waals surface area contributed by atoms with E-state index >= 15 is 0 Å². The van der Waals surface area contributed by atoms with E-state index in [1.807, 2.05) is 0 Å². The van der Waals surface area contributed by atoms with Crippen LogP contribution >= 0.6 is 0 Å². The van der Waals surface area contributed by atoms with Gasteiger partial charge in [-0.1, -0.05) is 13.2 Å². The maximum atomic E-state index is 3.86. The van der Waals surface area contributed by atoms with Crippen LogP contribution < -0.4 is 12.4 Å². The molecule has 0 N–H and O–H groups in total. The van der Waals surface area contributed by atoms with Crippen molar-refractivity contribution in [1.82, 2.24) is 0 Å². The van der Waals surface area contributed by atoms with Gasteiger partial charge in [-0.15, -0.1) is 0 Å². The topological polar surface area (TPSA) is 0 Å². The maximum Gasteiger partial charge on any atom is 0.0973 e. The van der Waals surface area contributed by atoms with Crippen molar-refractivity contribution in [3.63, 3.8) is 0 Å². The van der Waals surface area contributed by atoms with E-state index in [4.69, 9.17) is 0 Å². The molecule has 0 atom stereocenters. The molecule has 0 aromatic carbocycles. The highest BCUT2D eigenvalue weighted by Gasteiger charge is 2.25. The van der Waals surface area contributed by atoms with E-state index in [-0.39, 0.29) is 12.4 Å². The number of hydrogen-bond acceptors (Lipinski definition) is 0. The van der Waals surface area contributed by atoms with Crippen molar-refractivity contribution in [3.05, 3.63) is 25.3 Å². The average molecular weight is 216 g/mol. The summed E-state index contributed by atoms with van der Waals surface area (Å²) in [4.78, 5) is 0. The van der Waals surface area contributed by atoms with Crippen molar-refractivity contribution >= 4 is 0 Å². The van der Waals surface area contributed by atoms with Crippen LogP contribution in [0.25, 0.3) is 0 Å². The van der Waals surface area contributed by atoms with E-state index in [1.165, 1.54) is 43.3 Å². The summed E-state index contributed by atoms with van der Waals surface area (Å²) in [6.45, 7) is 12.6. The molecular weight excluding hydrogens is 194 g/mol. The van der Waals surface area contributed by atoms with Gasteiger partial charge < -0.3 is 16.9 Å². The quantitative estimate of drug-likeness (QED) is 0.449. The first-order valence-electron chi connectivity index (χ1n) is 5.40. The third-order valence-corrected chi connectivity index (χ3v) is 3.05. The van der Waals surface area contributed by atoms with Crippen molar-refractivity contribution in [2.24, 2.45) is 0 Å². The summed E-state index contributed by atoms with van der Waals surface area (Å²) in [5.74, 6) is 0. The van der Waals surface area contributed by atoms with Gasteiger partial charge in [-0.2, -0.15) is 0 Å². The van der Waals surface area contributed by atoms with E-state index in [0.717, 1.165) is 13.1 Å². The lowest BCUT2D eigenvalue weighted by molar-refractivity contribution is -0.916. The molecule has 0 bridgehead atoms. The Kier molecular flexibility index (Phi) is 6.94. The zero-order chi connectivity index (χ0) is 9.57. The van der Waals surface area contributed by atoms with Crippen LogP contribution in [0.1, 0.15) is 25.7 Å². The minimum absolute atomic E-state index is 0. The van der Waals surface area contributed by atoms with Crippen molar-refractivity contribution < 1.29 is 16.9 Å². The first-order chi connectivity index (χ1) is 6.33. The third kappa shape index (κ3) is 3.85. The minimum Gasteiger partial charge on any atom is -1.00 e. The maximum absolute atomic E-state index is 3.86. The van der Waals surface area contributed by atoms with Crippen LogP contribution in [0, 0.1) is 0 Å². The molecule has 0 aromatic rings. The molecule has 1 saturated heterocycles. The van der Waals surface area contributed by atoms with Crippen molar-refractivity contribution in [2.45, 2.75) is 25.7 Å². The minimum atomic E-state index is 0. The molecule has 0 aromatic heterocycles. The fourth-order valence-electron chi connectivity index (χ4n) is 2.35. The largest absolute Gasteiger partial charge is 1.00 e. The van der Waals surface area contributed by atoms with Gasteiger partial charge >= 0.3 is 0 Å². The first-order valence-corrected chi connectivity index (χ1v) is 5.40. The zero-order valence-electron chi connectivity index (χ0n) is 9.05. The number of halogens is 1. The fourth-order valence-corrected chi connectivity index (χ4v) is 2.35. The Hall–Kier alpha value is -0.270. The molecule has 14 heavy (non-hydrogen) atoms. The lowest BCUT2D eigenvalue weighted by atomic mass is 10.2. The Morgan fingerprint density at radius 3 is 1.64 bits per heavy atom. The molecule has 2 heteroatoms. The monoisotopic (exact) mass is 215 g/mol. The van der Waals surface area contributed by atoms with Gasteiger partial charge in [0.15, 0.2) is 0 Å². The predicted molar refractivity (Wildman–Crippen MR) is 58.6 cm³/mol. The molecule has 1 heterocycles. The lowest BCUT2D eigenvalue weighted by Crippen LogP contribution is -3.00. The highest BCUT2D eigenvalue weighted by Crippen LogP contribution is 2.18. The van der Waals surface area contributed by atoms with Crippen LogP contribution in [0.5, 0.6) is 0 Å². The van der Waals surface area contributed by atoms with E-state index < -0.39 is 0 Å². The summed E-state index contributed by atoms with van der Waals surface area (Å²) < 4.78 is 1.20. The molecule has 0 radical (unpaired) electrons. The normalized spacial score (nSPS) is 20.3. The highest BCUT2D eigenvalue weighted by atomic mass is 35.5. The Bertz CT molecular complexity index is 157. The standard InChI is InChI=1S/C12H22N.ClH/c1-3-9-13(10-4-2)11-7-5-6-8-12-13;/h3-4H,1-2,5-12H2;1H/q+1;/p-1. The molecule has 1 rings (SSSR count). The molecule has 0 unspecified atom stereocenters. The second-order valence-corrected chi connectivity index (χ2v) is 4.15. The molecule has 0 amide bonds. The smallest absolute Gasteiger partial charge is 0.0973 e. The van der Waals surface area contributed by atoms with Crippen LogP contribution in [0.15, 0.2) is 25.3 Å². The number of nitrogens with zero attached hydrogens (tertiary/aromatic N) is 1. The van der Waals surface area contributed by atoms with Crippen LogP contribution in [-0.4, -0.2) is 30.7 Å². The third-order valence-electron chi connectivity index (χ3n) is 3.05. The van der Waals surface area contributed by atoms with Gasteiger partial charge in [-0.25, -0.2) is 0 Å². The molecule has 0 spiro atoms. The van der Waals surface area contributed by atoms with Gasteiger partial charge in [0.2, 0.25) is 0 Å². The second-order valence-electron chi connectivity index (χ2n) is 4.15. The van der Waals surface area contributed by atoms with E-state index in [0.29, 0.717) is 0 Å². The van der Waals surface area contributed by atoms with Gasteiger partial charge in [-0.3, -0.25) is 0 Å². The van der Waals surface area contributed by atoms with Crippen molar-refractivity contribution in [1.29, 1.82) is 0 Å². The van der Waals surface area contributed by atoms with Crippen molar-refractivity contribution in [3.8, 4) is 0 Å². The van der Waals surface area contributed by atoms with E-state index in [2.05, 4.69) is 25.3 Å². The Morgan fingerprint density at radius 1 is 0.857 bits per heavy atom. The molecule has 1 fully saturated rings. The highest BCUT2D eigenvalue weighted by molar-refractivity contribution is 4.73. The van der Waals surface area contributed by atoms with Crippen LogP contribution in [-0.2, 0) is 0 Å². The molecule has 0 aliphatic carbocycles. The van der Waals surface area contributed by atoms with Gasteiger partial charge in [0, 0.05) is 0 Å². The predicted octanol–water partition coefficient (Wildman–Crippen LogP) is -0.247. The van der Waals surface area contributed by atoms with E-state index in [9.17, 15) is 0 Å².